The Bertz CT molecular complexity index is 897. The smallest absolute Gasteiger partial charge is 0.151 e. The summed E-state index contributed by atoms with van der Waals surface area (Å²) in [6.45, 7) is 0.877. The fraction of sp³-hybridized carbons (Fsp3) is 0.609. The van der Waals surface area contributed by atoms with Crippen LogP contribution in [0, 0.1) is 29.4 Å². The van der Waals surface area contributed by atoms with Gasteiger partial charge in [0.05, 0.1) is 5.69 Å². The molecule has 7 rings (SSSR count). The molecule has 4 saturated carbocycles. The van der Waals surface area contributed by atoms with Gasteiger partial charge >= 0.3 is 0 Å². The number of nitrogens with one attached hydrogen (secondary N) is 1. The van der Waals surface area contributed by atoms with Crippen LogP contribution in [0.4, 0.5) is 14.6 Å². The summed E-state index contributed by atoms with van der Waals surface area (Å²) in [6, 6.07) is 3.81. The fourth-order valence-corrected chi connectivity index (χ4v) is 7.16. The van der Waals surface area contributed by atoms with E-state index in [9.17, 15) is 8.78 Å². The number of benzene rings is 1. The van der Waals surface area contributed by atoms with Crippen LogP contribution in [0.3, 0.4) is 0 Å². The number of nitrogens with zero attached hydrogens (tertiary/aromatic N) is 2. The van der Waals surface area contributed by atoms with Crippen molar-refractivity contribution in [1.82, 2.24) is 9.78 Å². The molecule has 148 valence electrons. The third kappa shape index (κ3) is 2.47. The highest BCUT2D eigenvalue weighted by atomic mass is 19.1. The molecule has 28 heavy (non-hydrogen) atoms. The molecule has 2 aromatic rings. The Morgan fingerprint density at radius 3 is 2.39 bits per heavy atom. The fourth-order valence-electron chi connectivity index (χ4n) is 7.16. The van der Waals surface area contributed by atoms with Crippen molar-refractivity contribution in [2.75, 3.05) is 11.9 Å². The largest absolute Gasteiger partial charge is 0.370 e. The van der Waals surface area contributed by atoms with Crippen LogP contribution < -0.4 is 5.32 Å². The zero-order valence-corrected chi connectivity index (χ0v) is 16.2. The van der Waals surface area contributed by atoms with E-state index in [1.54, 1.807) is 4.68 Å². The van der Waals surface area contributed by atoms with Crippen molar-refractivity contribution >= 4 is 5.82 Å². The molecular formula is C23H27F2N3. The quantitative estimate of drug-likeness (QED) is 0.756. The lowest BCUT2D eigenvalue weighted by molar-refractivity contribution is -0.00774. The molecule has 5 aliphatic rings. The van der Waals surface area contributed by atoms with Gasteiger partial charge < -0.3 is 5.32 Å². The molecule has 0 saturated heterocycles. The molecular weight excluding hydrogens is 356 g/mol. The summed E-state index contributed by atoms with van der Waals surface area (Å²) in [6.07, 6.45) is 11.2. The minimum absolute atomic E-state index is 0.173. The van der Waals surface area contributed by atoms with Crippen LogP contribution >= 0.6 is 0 Å². The second-order valence-corrected chi connectivity index (χ2v) is 9.77. The normalized spacial score (nSPS) is 33.4. The molecule has 1 N–H and O–H groups in total. The van der Waals surface area contributed by atoms with Crippen molar-refractivity contribution in [3.8, 4) is 5.69 Å². The van der Waals surface area contributed by atoms with E-state index in [-0.39, 0.29) is 5.41 Å². The van der Waals surface area contributed by atoms with Gasteiger partial charge in [-0.3, -0.25) is 0 Å². The van der Waals surface area contributed by atoms with E-state index in [0.29, 0.717) is 5.69 Å². The molecule has 0 radical (unpaired) electrons. The van der Waals surface area contributed by atoms with Crippen molar-refractivity contribution < 1.29 is 8.78 Å². The molecule has 0 amide bonds. The Labute approximate surface area is 164 Å². The van der Waals surface area contributed by atoms with E-state index in [1.807, 2.05) is 0 Å². The zero-order valence-electron chi connectivity index (χ0n) is 16.2. The van der Waals surface area contributed by atoms with E-state index in [2.05, 4.69) is 5.32 Å². The van der Waals surface area contributed by atoms with Crippen molar-refractivity contribution in [2.45, 2.75) is 63.2 Å². The summed E-state index contributed by atoms with van der Waals surface area (Å²) < 4.78 is 29.9. The van der Waals surface area contributed by atoms with Gasteiger partial charge in [0.15, 0.2) is 5.82 Å². The lowest BCUT2D eigenvalue weighted by Gasteiger charge is -2.56. The molecule has 5 heteroatoms. The predicted molar refractivity (Wildman–Crippen MR) is 105 cm³/mol. The maximum absolute atomic E-state index is 14.7. The van der Waals surface area contributed by atoms with Gasteiger partial charge in [-0.05, 0) is 87.7 Å². The minimum Gasteiger partial charge on any atom is -0.370 e. The maximum atomic E-state index is 14.7. The highest BCUT2D eigenvalue weighted by molar-refractivity contribution is 5.56. The summed E-state index contributed by atoms with van der Waals surface area (Å²) >= 11 is 0. The van der Waals surface area contributed by atoms with Gasteiger partial charge in [-0.25, -0.2) is 13.5 Å². The van der Waals surface area contributed by atoms with Gasteiger partial charge in [0.1, 0.15) is 17.3 Å². The molecule has 1 aliphatic heterocycles. The first-order valence-corrected chi connectivity index (χ1v) is 10.9. The molecule has 4 bridgehead atoms. The molecule has 4 fully saturated rings. The number of fused-ring (bicyclic) bond motifs is 1. The standard InChI is InChI=1S/C23H27F2N3/c24-17-4-5-20(19(25)10-17)28-22-18(3-1-2-6-26-22)21(27-28)23-11-14-7-15(12-23)9-16(8-14)13-23/h4-5,10,14-16,26H,1-3,6-9,11-13H2. The highest BCUT2D eigenvalue weighted by Crippen LogP contribution is 2.61. The van der Waals surface area contributed by atoms with Crippen molar-refractivity contribution in [2.24, 2.45) is 17.8 Å². The monoisotopic (exact) mass is 383 g/mol. The van der Waals surface area contributed by atoms with E-state index < -0.39 is 11.6 Å². The van der Waals surface area contributed by atoms with E-state index in [1.165, 1.54) is 61.9 Å². The Morgan fingerprint density at radius 1 is 1.00 bits per heavy atom. The van der Waals surface area contributed by atoms with Gasteiger partial charge in [-0.15, -0.1) is 0 Å². The highest BCUT2D eigenvalue weighted by Gasteiger charge is 2.53. The molecule has 2 heterocycles. The zero-order chi connectivity index (χ0) is 18.9. The Morgan fingerprint density at radius 2 is 1.71 bits per heavy atom. The average Bonchev–Trinajstić information content (AvgIpc) is 2.84. The summed E-state index contributed by atoms with van der Waals surface area (Å²) in [4.78, 5) is 0. The summed E-state index contributed by atoms with van der Waals surface area (Å²) in [5.74, 6) is 2.37. The maximum Gasteiger partial charge on any atom is 0.151 e. The SMILES string of the molecule is Fc1ccc(-n2nc(C34CC5CC(CC(C5)C3)C4)c3c2NCCCC3)c(F)c1. The van der Waals surface area contributed by atoms with Crippen LogP contribution in [0.25, 0.3) is 5.69 Å². The Balaban J connectivity index is 1.52. The van der Waals surface area contributed by atoms with Crippen LogP contribution in [0.2, 0.25) is 0 Å². The van der Waals surface area contributed by atoms with Crippen LogP contribution in [-0.2, 0) is 11.8 Å². The number of halogens is 2. The van der Waals surface area contributed by atoms with Gasteiger partial charge in [0.25, 0.3) is 0 Å². The van der Waals surface area contributed by atoms with Crippen molar-refractivity contribution in [3.63, 3.8) is 0 Å². The second-order valence-electron chi connectivity index (χ2n) is 9.77. The lowest BCUT2D eigenvalue weighted by atomic mass is 9.48. The van der Waals surface area contributed by atoms with Crippen LogP contribution in [0.15, 0.2) is 18.2 Å². The first-order valence-electron chi connectivity index (χ1n) is 10.9. The number of aromatic nitrogens is 2. The molecule has 0 atom stereocenters. The molecule has 3 nitrogen and oxygen atoms in total. The van der Waals surface area contributed by atoms with E-state index in [4.69, 9.17) is 5.10 Å². The van der Waals surface area contributed by atoms with E-state index in [0.717, 1.165) is 55.4 Å². The molecule has 1 aromatic heterocycles. The number of hydrogen-bond donors (Lipinski definition) is 1. The van der Waals surface area contributed by atoms with Crippen LogP contribution in [-0.4, -0.2) is 16.3 Å². The summed E-state index contributed by atoms with van der Waals surface area (Å²) in [5.41, 5.74) is 3.04. The number of hydrogen-bond acceptors (Lipinski definition) is 2. The first kappa shape index (κ1) is 17.0. The molecule has 0 spiro atoms. The van der Waals surface area contributed by atoms with Crippen LogP contribution in [0.1, 0.15) is 62.6 Å². The number of anilines is 1. The third-order valence-electron chi connectivity index (χ3n) is 7.81. The molecule has 4 aliphatic carbocycles. The average molecular weight is 383 g/mol. The Hall–Kier alpha value is -1.91. The molecule has 1 aromatic carbocycles. The van der Waals surface area contributed by atoms with Gasteiger partial charge in [0, 0.05) is 23.6 Å². The first-order chi connectivity index (χ1) is 13.6. The number of rotatable bonds is 2. The van der Waals surface area contributed by atoms with Crippen molar-refractivity contribution in [1.29, 1.82) is 0 Å². The minimum atomic E-state index is -0.548. The van der Waals surface area contributed by atoms with Crippen molar-refractivity contribution in [3.05, 3.63) is 41.1 Å². The summed E-state index contributed by atoms with van der Waals surface area (Å²) in [7, 11) is 0. The van der Waals surface area contributed by atoms with E-state index >= 15 is 0 Å². The summed E-state index contributed by atoms with van der Waals surface area (Å²) in [5, 5.41) is 8.60. The molecule has 0 unspecified atom stereocenters. The second kappa shape index (κ2) is 6.04. The predicted octanol–water partition coefficient (Wildman–Crippen LogP) is 5.37. The lowest BCUT2D eigenvalue weighted by Crippen LogP contribution is -2.49. The van der Waals surface area contributed by atoms with Gasteiger partial charge in [-0.1, -0.05) is 0 Å². The van der Waals surface area contributed by atoms with Gasteiger partial charge in [-0.2, -0.15) is 5.10 Å². The Kier molecular flexibility index (Phi) is 3.67. The third-order valence-corrected chi connectivity index (χ3v) is 7.81. The topological polar surface area (TPSA) is 29.9 Å². The van der Waals surface area contributed by atoms with Crippen LogP contribution in [0.5, 0.6) is 0 Å². The van der Waals surface area contributed by atoms with Gasteiger partial charge in [0.2, 0.25) is 0 Å².